The summed E-state index contributed by atoms with van der Waals surface area (Å²) in [5.41, 5.74) is 5.48. The average molecular weight is 220 g/mol. The molecule has 0 bridgehead atoms. The van der Waals surface area contributed by atoms with E-state index >= 15 is 0 Å². The molecule has 0 radical (unpaired) electrons. The first-order valence-electron chi connectivity index (χ1n) is 6.02. The zero-order chi connectivity index (χ0) is 11.4. The lowest BCUT2D eigenvalue weighted by Gasteiger charge is -2.18. The van der Waals surface area contributed by atoms with Crippen LogP contribution in [0.1, 0.15) is 49.5 Å². The van der Waals surface area contributed by atoms with Crippen molar-refractivity contribution >= 4 is 0 Å². The Bertz CT molecular complexity index is 368. The third-order valence-electron chi connectivity index (χ3n) is 3.32. The van der Waals surface area contributed by atoms with Gasteiger partial charge < -0.3 is 4.42 Å². The summed E-state index contributed by atoms with van der Waals surface area (Å²) in [5, 5.41) is 0. The highest BCUT2D eigenvalue weighted by Gasteiger charge is 2.19. The maximum absolute atomic E-state index is 5.68. The van der Waals surface area contributed by atoms with Crippen LogP contribution in [0, 0.1) is 6.92 Å². The molecule has 1 unspecified atom stereocenters. The van der Waals surface area contributed by atoms with Crippen LogP contribution >= 0.6 is 0 Å². The molecule has 0 spiro atoms. The Hall–Kier alpha value is -1.06. The second-order valence-electron chi connectivity index (χ2n) is 4.41. The third kappa shape index (κ3) is 2.36. The molecule has 1 aromatic rings. The predicted octanol–water partition coefficient (Wildman–Crippen LogP) is 2.98. The van der Waals surface area contributed by atoms with Crippen LogP contribution in [0.15, 0.2) is 28.4 Å². The van der Waals surface area contributed by atoms with Crippen LogP contribution in [0.3, 0.4) is 0 Å². The molecule has 16 heavy (non-hydrogen) atoms. The number of aryl methyl sites for hydroxylation is 1. The summed E-state index contributed by atoms with van der Waals surface area (Å²) in [7, 11) is 0. The van der Waals surface area contributed by atoms with E-state index in [0.717, 1.165) is 17.7 Å². The van der Waals surface area contributed by atoms with E-state index in [4.69, 9.17) is 10.3 Å². The number of nitrogens with two attached hydrogens (primary N) is 1. The highest BCUT2D eigenvalue weighted by atomic mass is 16.3. The number of hydrazine groups is 1. The third-order valence-corrected chi connectivity index (χ3v) is 3.32. The van der Waals surface area contributed by atoms with Gasteiger partial charge in [-0.15, -0.1) is 0 Å². The van der Waals surface area contributed by atoms with Crippen LogP contribution in [-0.2, 0) is 0 Å². The summed E-state index contributed by atoms with van der Waals surface area (Å²) < 4.78 is 5.35. The lowest BCUT2D eigenvalue weighted by atomic mass is 9.96. The zero-order valence-corrected chi connectivity index (χ0v) is 9.83. The molecule has 0 saturated heterocycles. The van der Waals surface area contributed by atoms with Gasteiger partial charge in [-0.05, 0) is 38.7 Å². The second-order valence-corrected chi connectivity index (χ2v) is 4.41. The number of furan rings is 1. The van der Waals surface area contributed by atoms with Gasteiger partial charge in [0.05, 0.1) is 12.3 Å². The molecule has 1 aromatic heterocycles. The van der Waals surface area contributed by atoms with Crippen molar-refractivity contribution in [3.05, 3.63) is 35.3 Å². The van der Waals surface area contributed by atoms with Crippen molar-refractivity contribution in [3.63, 3.8) is 0 Å². The Balaban J connectivity index is 2.21. The normalized spacial score (nSPS) is 19.0. The van der Waals surface area contributed by atoms with E-state index in [1.807, 2.05) is 13.0 Å². The van der Waals surface area contributed by atoms with Crippen LogP contribution in [0.25, 0.3) is 0 Å². The molecular formula is C13H20N2O. The molecule has 3 heteroatoms. The zero-order valence-electron chi connectivity index (χ0n) is 9.83. The van der Waals surface area contributed by atoms with Crippen molar-refractivity contribution in [2.45, 2.75) is 45.1 Å². The maximum Gasteiger partial charge on any atom is 0.105 e. The van der Waals surface area contributed by atoms with E-state index < -0.39 is 0 Å². The van der Waals surface area contributed by atoms with Crippen LogP contribution in [-0.4, -0.2) is 0 Å². The van der Waals surface area contributed by atoms with Crippen LogP contribution < -0.4 is 11.3 Å². The molecular weight excluding hydrogens is 200 g/mol. The van der Waals surface area contributed by atoms with Gasteiger partial charge in [-0.2, -0.15) is 0 Å². The van der Waals surface area contributed by atoms with Gasteiger partial charge in [0.1, 0.15) is 5.76 Å². The molecule has 1 atom stereocenters. The van der Waals surface area contributed by atoms with Gasteiger partial charge in [0, 0.05) is 5.56 Å². The Labute approximate surface area is 96.7 Å². The minimum Gasteiger partial charge on any atom is -0.469 e. The van der Waals surface area contributed by atoms with Crippen molar-refractivity contribution < 1.29 is 4.42 Å². The van der Waals surface area contributed by atoms with Gasteiger partial charge in [0.2, 0.25) is 0 Å². The molecule has 0 aliphatic heterocycles. The molecule has 0 amide bonds. The smallest absolute Gasteiger partial charge is 0.105 e. The summed E-state index contributed by atoms with van der Waals surface area (Å²) in [6.45, 7) is 1.98. The Kier molecular flexibility index (Phi) is 3.80. The van der Waals surface area contributed by atoms with Crippen molar-refractivity contribution in [1.82, 2.24) is 5.43 Å². The molecule has 1 aliphatic carbocycles. The molecule has 0 saturated carbocycles. The molecule has 1 aliphatic rings. The molecule has 2 rings (SSSR count). The van der Waals surface area contributed by atoms with Gasteiger partial charge in [-0.1, -0.05) is 18.1 Å². The number of hydrogen-bond donors (Lipinski definition) is 2. The molecule has 0 aromatic carbocycles. The fraction of sp³-hybridized carbons (Fsp3) is 0.538. The summed E-state index contributed by atoms with van der Waals surface area (Å²) in [5.74, 6) is 6.63. The van der Waals surface area contributed by atoms with Gasteiger partial charge in [-0.25, -0.2) is 5.43 Å². The standard InChI is InChI=1S/C13H20N2O/c1-10-12(8-9-16-10)13(15-14)11-6-4-2-3-5-7-11/h6,8-9,13,15H,2-5,7,14H2,1H3. The van der Waals surface area contributed by atoms with Gasteiger partial charge in [-0.3, -0.25) is 5.84 Å². The summed E-state index contributed by atoms with van der Waals surface area (Å²) in [6, 6.07) is 2.13. The number of nitrogens with one attached hydrogen (secondary N) is 1. The van der Waals surface area contributed by atoms with Crippen LogP contribution in [0.2, 0.25) is 0 Å². The lowest BCUT2D eigenvalue weighted by molar-refractivity contribution is 0.515. The second kappa shape index (κ2) is 5.32. The van der Waals surface area contributed by atoms with E-state index in [-0.39, 0.29) is 6.04 Å². The molecule has 1 heterocycles. The Morgan fingerprint density at radius 3 is 2.94 bits per heavy atom. The van der Waals surface area contributed by atoms with Gasteiger partial charge >= 0.3 is 0 Å². The molecule has 3 nitrogen and oxygen atoms in total. The lowest BCUT2D eigenvalue weighted by Crippen LogP contribution is -2.29. The first kappa shape index (κ1) is 11.4. The summed E-state index contributed by atoms with van der Waals surface area (Å²) in [6.07, 6.45) is 10.3. The fourth-order valence-electron chi connectivity index (χ4n) is 2.39. The maximum atomic E-state index is 5.68. The average Bonchev–Trinajstić information content (AvgIpc) is 2.57. The van der Waals surface area contributed by atoms with Crippen LogP contribution in [0.4, 0.5) is 0 Å². The highest BCUT2D eigenvalue weighted by molar-refractivity contribution is 5.29. The molecule has 0 fully saturated rings. The predicted molar refractivity (Wildman–Crippen MR) is 64.7 cm³/mol. The number of allylic oxidation sites excluding steroid dienone is 1. The van der Waals surface area contributed by atoms with Crippen molar-refractivity contribution in [2.75, 3.05) is 0 Å². The van der Waals surface area contributed by atoms with E-state index in [9.17, 15) is 0 Å². The van der Waals surface area contributed by atoms with Gasteiger partial charge in [0.15, 0.2) is 0 Å². The topological polar surface area (TPSA) is 51.2 Å². The van der Waals surface area contributed by atoms with Crippen molar-refractivity contribution in [3.8, 4) is 0 Å². The first-order chi connectivity index (χ1) is 7.83. The molecule has 88 valence electrons. The van der Waals surface area contributed by atoms with E-state index in [1.165, 1.54) is 31.3 Å². The number of rotatable bonds is 3. The number of hydrogen-bond acceptors (Lipinski definition) is 3. The van der Waals surface area contributed by atoms with Crippen LogP contribution in [0.5, 0.6) is 0 Å². The Morgan fingerprint density at radius 1 is 1.38 bits per heavy atom. The summed E-state index contributed by atoms with van der Waals surface area (Å²) in [4.78, 5) is 0. The first-order valence-corrected chi connectivity index (χ1v) is 6.02. The van der Waals surface area contributed by atoms with E-state index in [1.54, 1.807) is 6.26 Å². The summed E-state index contributed by atoms with van der Waals surface area (Å²) >= 11 is 0. The van der Waals surface area contributed by atoms with E-state index in [2.05, 4.69) is 11.5 Å². The van der Waals surface area contributed by atoms with Crippen molar-refractivity contribution in [1.29, 1.82) is 0 Å². The Morgan fingerprint density at radius 2 is 2.25 bits per heavy atom. The monoisotopic (exact) mass is 220 g/mol. The molecule has 3 N–H and O–H groups in total. The fourth-order valence-corrected chi connectivity index (χ4v) is 2.39. The van der Waals surface area contributed by atoms with Gasteiger partial charge in [0.25, 0.3) is 0 Å². The largest absolute Gasteiger partial charge is 0.469 e. The quantitative estimate of drug-likeness (QED) is 0.468. The van der Waals surface area contributed by atoms with E-state index in [0.29, 0.717) is 0 Å². The highest BCUT2D eigenvalue weighted by Crippen LogP contribution is 2.30. The SMILES string of the molecule is Cc1occc1C(NN)C1=CCCCCC1. The van der Waals surface area contributed by atoms with Crippen molar-refractivity contribution in [2.24, 2.45) is 5.84 Å². The minimum atomic E-state index is 0.122. The minimum absolute atomic E-state index is 0.122.